The zero-order valence-electron chi connectivity index (χ0n) is 10.4. The van der Waals surface area contributed by atoms with E-state index >= 15 is 0 Å². The maximum absolute atomic E-state index is 11.0. The standard InChI is InChI=1S/C13H15BrO3.Na/c14-9-4-5-10(11(7-9)13(16)17)12(15)6-3-8-1-2-8;/h4-5,7-8,12,15H,1-3,6H2,(H,16,17);/q;+1/p-1. The molecule has 1 saturated carbocycles. The van der Waals surface area contributed by atoms with Crippen molar-refractivity contribution < 1.29 is 44.6 Å². The molecule has 1 aliphatic carbocycles. The van der Waals surface area contributed by atoms with E-state index in [9.17, 15) is 15.0 Å². The Morgan fingerprint density at radius 2 is 2.17 bits per heavy atom. The van der Waals surface area contributed by atoms with Gasteiger partial charge in [0.2, 0.25) is 0 Å². The predicted molar refractivity (Wildman–Crippen MR) is 65.4 cm³/mol. The summed E-state index contributed by atoms with van der Waals surface area (Å²) in [6.07, 6.45) is 3.34. The molecule has 0 heterocycles. The van der Waals surface area contributed by atoms with Gasteiger partial charge in [0.25, 0.3) is 0 Å². The van der Waals surface area contributed by atoms with E-state index in [4.69, 9.17) is 0 Å². The molecule has 5 heteroatoms. The number of benzene rings is 1. The van der Waals surface area contributed by atoms with Crippen molar-refractivity contribution >= 4 is 21.9 Å². The van der Waals surface area contributed by atoms with Gasteiger partial charge in [-0.2, -0.15) is 0 Å². The minimum Gasteiger partial charge on any atom is -0.545 e. The molecule has 1 fully saturated rings. The predicted octanol–water partition coefficient (Wildman–Crippen LogP) is -0.960. The molecule has 92 valence electrons. The molecule has 0 aliphatic heterocycles. The molecule has 0 bridgehead atoms. The molecule has 1 aliphatic rings. The molecule has 1 aromatic carbocycles. The Bertz CT molecular complexity index is 432. The minimum atomic E-state index is -1.24. The second-order valence-electron chi connectivity index (χ2n) is 4.56. The number of aliphatic hydroxyl groups is 1. The number of hydrogen-bond acceptors (Lipinski definition) is 3. The monoisotopic (exact) mass is 320 g/mol. The van der Waals surface area contributed by atoms with Gasteiger partial charge in [0, 0.05) is 10.0 Å². The first kappa shape index (κ1) is 16.2. The van der Waals surface area contributed by atoms with Crippen LogP contribution in [0, 0.1) is 5.92 Å². The number of carbonyl (C=O) groups is 1. The largest absolute Gasteiger partial charge is 1.00 e. The smallest absolute Gasteiger partial charge is 0.545 e. The Hall–Kier alpha value is 0.130. The normalized spacial score (nSPS) is 15.9. The summed E-state index contributed by atoms with van der Waals surface area (Å²) in [6, 6.07) is 4.86. The van der Waals surface area contributed by atoms with Crippen molar-refractivity contribution in [2.24, 2.45) is 5.92 Å². The third kappa shape index (κ3) is 4.35. The van der Waals surface area contributed by atoms with E-state index in [0.29, 0.717) is 16.5 Å². The zero-order valence-corrected chi connectivity index (χ0v) is 13.9. The van der Waals surface area contributed by atoms with Crippen molar-refractivity contribution in [2.75, 3.05) is 0 Å². The van der Waals surface area contributed by atoms with Gasteiger partial charge in [-0.3, -0.25) is 0 Å². The molecule has 1 N–H and O–H groups in total. The van der Waals surface area contributed by atoms with Crippen molar-refractivity contribution in [1.29, 1.82) is 0 Å². The third-order valence-corrected chi connectivity index (χ3v) is 3.63. The van der Waals surface area contributed by atoms with Crippen LogP contribution in [-0.2, 0) is 0 Å². The molecular weight excluding hydrogens is 307 g/mol. The van der Waals surface area contributed by atoms with E-state index in [1.54, 1.807) is 12.1 Å². The van der Waals surface area contributed by atoms with Crippen molar-refractivity contribution in [3.63, 3.8) is 0 Å². The number of carboxylic acid groups (broad SMARTS) is 1. The third-order valence-electron chi connectivity index (χ3n) is 3.14. The maximum Gasteiger partial charge on any atom is 1.00 e. The van der Waals surface area contributed by atoms with Crippen LogP contribution in [-0.4, -0.2) is 11.1 Å². The number of rotatable bonds is 5. The van der Waals surface area contributed by atoms with Gasteiger partial charge < -0.3 is 15.0 Å². The molecule has 1 unspecified atom stereocenters. The second kappa shape index (κ2) is 7.06. The molecule has 18 heavy (non-hydrogen) atoms. The first-order valence-electron chi connectivity index (χ1n) is 5.77. The molecule has 2 rings (SSSR count). The van der Waals surface area contributed by atoms with Crippen molar-refractivity contribution in [2.45, 2.75) is 31.8 Å². The first-order valence-corrected chi connectivity index (χ1v) is 6.56. The quantitative estimate of drug-likeness (QED) is 0.711. The Balaban J connectivity index is 0.00000162. The number of aromatic carboxylic acids is 1. The van der Waals surface area contributed by atoms with Gasteiger partial charge in [-0.05, 0) is 36.5 Å². The topological polar surface area (TPSA) is 60.4 Å². The van der Waals surface area contributed by atoms with Crippen LogP contribution < -0.4 is 34.7 Å². The summed E-state index contributed by atoms with van der Waals surface area (Å²) in [5, 5.41) is 21.0. The summed E-state index contributed by atoms with van der Waals surface area (Å²) < 4.78 is 0.676. The fourth-order valence-electron chi connectivity index (χ4n) is 1.95. The van der Waals surface area contributed by atoms with Gasteiger partial charge in [-0.1, -0.05) is 34.8 Å². The summed E-state index contributed by atoms with van der Waals surface area (Å²) in [6.45, 7) is 0. The van der Waals surface area contributed by atoms with E-state index in [0.717, 1.165) is 12.3 Å². The number of hydrogen-bond donors (Lipinski definition) is 1. The fraction of sp³-hybridized carbons (Fsp3) is 0.462. The Labute approximate surface area is 137 Å². The van der Waals surface area contributed by atoms with Crippen LogP contribution in [0.2, 0.25) is 0 Å². The Morgan fingerprint density at radius 3 is 2.72 bits per heavy atom. The van der Waals surface area contributed by atoms with Crippen LogP contribution in [0.3, 0.4) is 0 Å². The average molecular weight is 321 g/mol. The fourth-order valence-corrected chi connectivity index (χ4v) is 2.31. The van der Waals surface area contributed by atoms with E-state index in [2.05, 4.69) is 15.9 Å². The summed E-state index contributed by atoms with van der Waals surface area (Å²) in [5.41, 5.74) is 0.525. The van der Waals surface area contributed by atoms with E-state index in [1.807, 2.05) is 0 Å². The SMILES string of the molecule is O=C([O-])c1cc(Br)ccc1C(O)CCC1CC1.[Na+]. The molecule has 0 radical (unpaired) electrons. The molecule has 1 aromatic rings. The van der Waals surface area contributed by atoms with E-state index in [-0.39, 0.29) is 35.1 Å². The number of aliphatic hydroxyl groups excluding tert-OH is 1. The molecule has 0 saturated heterocycles. The van der Waals surface area contributed by atoms with Gasteiger partial charge in [-0.15, -0.1) is 0 Å². The van der Waals surface area contributed by atoms with E-state index < -0.39 is 12.1 Å². The minimum absolute atomic E-state index is 0. The first-order chi connectivity index (χ1) is 8.08. The Kier molecular flexibility index (Phi) is 6.35. The van der Waals surface area contributed by atoms with Gasteiger partial charge >= 0.3 is 29.6 Å². The summed E-state index contributed by atoms with van der Waals surface area (Å²) in [5.74, 6) is -0.515. The number of carbonyl (C=O) groups excluding carboxylic acids is 1. The van der Waals surface area contributed by atoms with Gasteiger partial charge in [0.05, 0.1) is 12.1 Å². The Morgan fingerprint density at radius 1 is 1.50 bits per heavy atom. The molecule has 0 amide bonds. The maximum atomic E-state index is 11.0. The number of carboxylic acids is 1. The second-order valence-corrected chi connectivity index (χ2v) is 5.47. The van der Waals surface area contributed by atoms with Gasteiger partial charge in [0.15, 0.2) is 0 Å². The van der Waals surface area contributed by atoms with Crippen LogP contribution in [0.5, 0.6) is 0 Å². The van der Waals surface area contributed by atoms with Crippen LogP contribution >= 0.6 is 15.9 Å². The molecule has 3 nitrogen and oxygen atoms in total. The van der Waals surface area contributed by atoms with Crippen LogP contribution in [0.25, 0.3) is 0 Å². The van der Waals surface area contributed by atoms with Crippen LogP contribution in [0.4, 0.5) is 0 Å². The van der Waals surface area contributed by atoms with Gasteiger partial charge in [0.1, 0.15) is 0 Å². The summed E-state index contributed by atoms with van der Waals surface area (Å²) >= 11 is 3.21. The molecule has 0 aromatic heterocycles. The summed E-state index contributed by atoms with van der Waals surface area (Å²) in [4.78, 5) is 11.0. The molecule has 1 atom stereocenters. The van der Waals surface area contributed by atoms with Crippen LogP contribution in [0.1, 0.15) is 47.7 Å². The average Bonchev–Trinajstić information content (AvgIpc) is 3.09. The van der Waals surface area contributed by atoms with Crippen LogP contribution in [0.15, 0.2) is 22.7 Å². The summed E-state index contributed by atoms with van der Waals surface area (Å²) in [7, 11) is 0. The van der Waals surface area contributed by atoms with Crippen molar-refractivity contribution in [1.82, 2.24) is 0 Å². The van der Waals surface area contributed by atoms with Crippen molar-refractivity contribution in [3.05, 3.63) is 33.8 Å². The zero-order chi connectivity index (χ0) is 12.4. The van der Waals surface area contributed by atoms with Crippen molar-refractivity contribution in [3.8, 4) is 0 Å². The molecule has 0 spiro atoms. The number of halogens is 1. The van der Waals surface area contributed by atoms with Gasteiger partial charge in [-0.25, -0.2) is 0 Å². The molecular formula is C13H14BrNaO3. The van der Waals surface area contributed by atoms with E-state index in [1.165, 1.54) is 18.9 Å².